The van der Waals surface area contributed by atoms with Gasteiger partial charge in [0.25, 0.3) is 5.69 Å². The molecule has 8 heteroatoms. The van der Waals surface area contributed by atoms with E-state index in [2.05, 4.69) is 5.32 Å². The summed E-state index contributed by atoms with van der Waals surface area (Å²) in [5, 5.41) is 32.4. The summed E-state index contributed by atoms with van der Waals surface area (Å²) in [6.07, 6.45) is 0. The summed E-state index contributed by atoms with van der Waals surface area (Å²) in [6, 6.07) is 2.64. The second-order valence-electron chi connectivity index (χ2n) is 4.49. The summed E-state index contributed by atoms with van der Waals surface area (Å²) in [7, 11) is 2.79. The first-order valence-corrected chi connectivity index (χ1v) is 5.82. The average Bonchev–Trinajstić information content (AvgIpc) is 2.43. The summed E-state index contributed by atoms with van der Waals surface area (Å²) in [5.41, 5.74) is -1.43. The molecule has 0 amide bonds. The van der Waals surface area contributed by atoms with Crippen molar-refractivity contribution in [1.82, 2.24) is 0 Å². The number of nitrogens with one attached hydrogen (secondary N) is 1. The second-order valence-corrected chi connectivity index (χ2v) is 4.49. The number of methoxy groups -OCH3 is 2. The van der Waals surface area contributed by atoms with E-state index in [4.69, 9.17) is 14.6 Å². The van der Waals surface area contributed by atoms with Crippen molar-refractivity contribution in [3.05, 3.63) is 22.2 Å². The number of nitro benzene ring substituents is 1. The fourth-order valence-electron chi connectivity index (χ4n) is 1.50. The molecule has 0 saturated carbocycles. The Morgan fingerprint density at radius 2 is 1.90 bits per heavy atom. The summed E-state index contributed by atoms with van der Waals surface area (Å²) in [6.45, 7) is 0.882. The van der Waals surface area contributed by atoms with Crippen LogP contribution in [0.25, 0.3) is 0 Å². The molecule has 0 aliphatic heterocycles. The van der Waals surface area contributed by atoms with Crippen molar-refractivity contribution in [2.75, 3.05) is 32.7 Å². The first-order valence-electron chi connectivity index (χ1n) is 5.82. The number of hydrogen-bond acceptors (Lipinski definition) is 7. The molecule has 0 bridgehead atoms. The molecule has 1 atom stereocenters. The highest BCUT2D eigenvalue weighted by atomic mass is 16.6. The van der Waals surface area contributed by atoms with Crippen molar-refractivity contribution in [1.29, 1.82) is 0 Å². The normalized spacial score (nSPS) is 13.4. The van der Waals surface area contributed by atoms with Gasteiger partial charge in [0.1, 0.15) is 11.3 Å². The topological polar surface area (TPSA) is 114 Å². The van der Waals surface area contributed by atoms with Crippen molar-refractivity contribution < 1.29 is 24.6 Å². The Morgan fingerprint density at radius 1 is 1.35 bits per heavy atom. The van der Waals surface area contributed by atoms with Crippen molar-refractivity contribution >= 4 is 11.4 Å². The van der Waals surface area contributed by atoms with E-state index in [1.165, 1.54) is 33.3 Å². The highest BCUT2D eigenvalue weighted by Gasteiger charge is 2.23. The monoisotopic (exact) mass is 286 g/mol. The van der Waals surface area contributed by atoms with Crippen LogP contribution in [0.5, 0.6) is 11.5 Å². The number of nitrogens with zero attached hydrogens (tertiary/aromatic N) is 1. The Balaban J connectivity index is 3.13. The molecule has 0 saturated heterocycles. The highest BCUT2D eigenvalue weighted by Crippen LogP contribution is 2.37. The Bertz CT molecular complexity index is 489. The minimum atomic E-state index is -1.39. The van der Waals surface area contributed by atoms with E-state index in [1.54, 1.807) is 0 Å². The van der Waals surface area contributed by atoms with E-state index in [0.717, 1.165) is 0 Å². The minimum absolute atomic E-state index is 0.0557. The summed E-state index contributed by atoms with van der Waals surface area (Å²) >= 11 is 0. The molecular formula is C12H18N2O6. The number of nitro groups is 1. The van der Waals surface area contributed by atoms with E-state index in [1.807, 2.05) is 0 Å². The number of benzene rings is 1. The first kappa shape index (κ1) is 16.0. The predicted molar refractivity (Wildman–Crippen MR) is 72.4 cm³/mol. The van der Waals surface area contributed by atoms with Crippen LogP contribution in [0.15, 0.2) is 12.1 Å². The molecule has 0 aliphatic carbocycles. The number of hydrogen-bond donors (Lipinski definition) is 3. The molecule has 0 heterocycles. The third kappa shape index (κ3) is 3.72. The molecule has 1 aromatic carbocycles. The van der Waals surface area contributed by atoms with Crippen LogP contribution in [0.1, 0.15) is 6.92 Å². The predicted octanol–water partition coefficient (Wildman–Crippen LogP) is 0.767. The molecule has 8 nitrogen and oxygen atoms in total. The summed E-state index contributed by atoms with van der Waals surface area (Å²) in [5.74, 6) is 0.558. The van der Waals surface area contributed by atoms with E-state index in [-0.39, 0.29) is 23.7 Å². The smallest absolute Gasteiger partial charge is 0.296 e. The Kier molecular flexibility index (Phi) is 5.12. The van der Waals surface area contributed by atoms with E-state index in [0.29, 0.717) is 5.75 Å². The van der Waals surface area contributed by atoms with Crippen molar-refractivity contribution in [2.24, 2.45) is 0 Å². The second kappa shape index (κ2) is 6.40. The van der Waals surface area contributed by atoms with E-state index in [9.17, 15) is 15.2 Å². The van der Waals surface area contributed by atoms with E-state index >= 15 is 0 Å². The maximum atomic E-state index is 11.0. The van der Waals surface area contributed by atoms with Gasteiger partial charge in [0, 0.05) is 12.6 Å². The van der Waals surface area contributed by atoms with Crippen LogP contribution in [0.3, 0.4) is 0 Å². The molecule has 0 spiro atoms. The molecule has 1 rings (SSSR count). The zero-order chi connectivity index (χ0) is 15.3. The van der Waals surface area contributed by atoms with Gasteiger partial charge in [-0.3, -0.25) is 10.1 Å². The molecule has 112 valence electrons. The van der Waals surface area contributed by atoms with Crippen LogP contribution < -0.4 is 14.8 Å². The average molecular weight is 286 g/mol. The Labute approximate surface area is 116 Å². The molecule has 0 aliphatic rings. The third-order valence-corrected chi connectivity index (χ3v) is 2.70. The SMILES string of the molecule is COc1cc(NCC(C)(O)CO)c([N+](=O)[O-])cc1OC. The van der Waals surface area contributed by atoms with Crippen LogP contribution >= 0.6 is 0 Å². The molecule has 3 N–H and O–H groups in total. The summed E-state index contributed by atoms with van der Waals surface area (Å²) in [4.78, 5) is 10.5. The van der Waals surface area contributed by atoms with Gasteiger partial charge in [-0.2, -0.15) is 0 Å². The van der Waals surface area contributed by atoms with Crippen LogP contribution in [0.2, 0.25) is 0 Å². The number of aliphatic hydroxyl groups excluding tert-OH is 1. The fraction of sp³-hybridized carbons (Fsp3) is 0.500. The zero-order valence-corrected chi connectivity index (χ0v) is 11.5. The number of aliphatic hydroxyl groups is 2. The number of anilines is 1. The molecule has 1 aromatic rings. The van der Waals surface area contributed by atoms with E-state index < -0.39 is 17.1 Å². The molecule has 20 heavy (non-hydrogen) atoms. The first-order chi connectivity index (χ1) is 9.34. The minimum Gasteiger partial charge on any atom is -0.493 e. The zero-order valence-electron chi connectivity index (χ0n) is 11.5. The maximum Gasteiger partial charge on any atom is 0.296 e. The van der Waals surface area contributed by atoms with Crippen LogP contribution in [0, 0.1) is 10.1 Å². The molecule has 0 aromatic heterocycles. The van der Waals surface area contributed by atoms with Gasteiger partial charge in [-0.25, -0.2) is 0 Å². The lowest BCUT2D eigenvalue weighted by molar-refractivity contribution is -0.384. The molecule has 0 radical (unpaired) electrons. The standard InChI is InChI=1S/C12H18N2O6/c1-12(16,7-15)6-13-8-4-10(19-2)11(20-3)5-9(8)14(17)18/h4-5,13,15-16H,6-7H2,1-3H3. The third-order valence-electron chi connectivity index (χ3n) is 2.70. The van der Waals surface area contributed by atoms with Gasteiger partial charge in [-0.15, -0.1) is 0 Å². The number of ether oxygens (including phenoxy) is 2. The fourth-order valence-corrected chi connectivity index (χ4v) is 1.50. The molecule has 0 fully saturated rings. The maximum absolute atomic E-state index is 11.0. The molecule has 1 unspecified atom stereocenters. The van der Waals surface area contributed by atoms with Crippen molar-refractivity contribution in [3.8, 4) is 11.5 Å². The highest BCUT2D eigenvalue weighted by molar-refractivity contribution is 5.68. The molecular weight excluding hydrogens is 268 g/mol. The van der Waals surface area contributed by atoms with Gasteiger partial charge in [-0.05, 0) is 6.92 Å². The van der Waals surface area contributed by atoms with Crippen LogP contribution in [0.4, 0.5) is 11.4 Å². The van der Waals surface area contributed by atoms with Gasteiger partial charge in [0.15, 0.2) is 11.5 Å². The van der Waals surface area contributed by atoms with Crippen molar-refractivity contribution in [3.63, 3.8) is 0 Å². The van der Waals surface area contributed by atoms with Gasteiger partial charge >= 0.3 is 0 Å². The van der Waals surface area contributed by atoms with Crippen LogP contribution in [-0.2, 0) is 0 Å². The van der Waals surface area contributed by atoms with Gasteiger partial charge in [0.05, 0.1) is 31.8 Å². The van der Waals surface area contributed by atoms with Crippen molar-refractivity contribution in [2.45, 2.75) is 12.5 Å². The summed E-state index contributed by atoms with van der Waals surface area (Å²) < 4.78 is 10.1. The lowest BCUT2D eigenvalue weighted by Crippen LogP contribution is -2.37. The largest absolute Gasteiger partial charge is 0.493 e. The Hall–Kier alpha value is -2.06. The lowest BCUT2D eigenvalue weighted by Gasteiger charge is -2.21. The van der Waals surface area contributed by atoms with Gasteiger partial charge < -0.3 is 25.0 Å². The quantitative estimate of drug-likeness (QED) is 0.501. The van der Waals surface area contributed by atoms with Gasteiger partial charge in [0.2, 0.25) is 0 Å². The lowest BCUT2D eigenvalue weighted by atomic mass is 10.1. The van der Waals surface area contributed by atoms with Gasteiger partial charge in [-0.1, -0.05) is 0 Å². The van der Waals surface area contributed by atoms with Crippen LogP contribution in [-0.4, -0.2) is 48.1 Å². The number of rotatable bonds is 7. The Morgan fingerprint density at radius 3 is 2.35 bits per heavy atom.